The number of carbonyl (C=O) groups excluding carboxylic acids is 1. The fourth-order valence-electron chi connectivity index (χ4n) is 3.16. The number of rotatable bonds is 6. The van der Waals surface area contributed by atoms with Gasteiger partial charge in [0.05, 0.1) is 6.54 Å². The molecular formula is C24H19FN2O2. The lowest BCUT2D eigenvalue weighted by Crippen LogP contribution is -2.35. The number of fused-ring (bicyclic) bond motifs is 1. The molecule has 0 unspecified atom stereocenters. The van der Waals surface area contributed by atoms with Crippen molar-refractivity contribution in [2.24, 2.45) is 0 Å². The molecule has 4 rings (SSSR count). The summed E-state index contributed by atoms with van der Waals surface area (Å²) in [6.07, 6.45) is 1.65. The van der Waals surface area contributed by atoms with Gasteiger partial charge in [-0.3, -0.25) is 9.69 Å². The number of nitrogens with zero attached hydrogens (tertiary/aromatic N) is 2. The third-order valence-corrected chi connectivity index (χ3v) is 4.61. The smallest absolute Gasteiger partial charge is 0.266 e. The Hall–Kier alpha value is -3.73. The van der Waals surface area contributed by atoms with Crippen molar-refractivity contribution in [2.45, 2.75) is 6.54 Å². The van der Waals surface area contributed by atoms with Gasteiger partial charge < -0.3 is 4.74 Å². The molecule has 1 amide bonds. The van der Waals surface area contributed by atoms with E-state index in [9.17, 15) is 9.18 Å². The monoisotopic (exact) mass is 386 g/mol. The second kappa shape index (κ2) is 8.52. The van der Waals surface area contributed by atoms with Crippen LogP contribution in [-0.2, 0) is 11.3 Å². The molecule has 0 aliphatic rings. The summed E-state index contributed by atoms with van der Waals surface area (Å²) in [5.74, 6) is 0.398. The number of hydrogen-bond acceptors (Lipinski definition) is 3. The predicted molar refractivity (Wildman–Crippen MR) is 111 cm³/mol. The van der Waals surface area contributed by atoms with Crippen molar-refractivity contribution in [3.8, 4) is 5.75 Å². The van der Waals surface area contributed by atoms with Crippen LogP contribution in [0.25, 0.3) is 10.8 Å². The first kappa shape index (κ1) is 18.6. The molecule has 4 nitrogen and oxygen atoms in total. The van der Waals surface area contributed by atoms with Crippen molar-refractivity contribution in [3.63, 3.8) is 0 Å². The normalized spacial score (nSPS) is 10.7. The van der Waals surface area contributed by atoms with Crippen LogP contribution in [0.5, 0.6) is 5.75 Å². The van der Waals surface area contributed by atoms with Gasteiger partial charge in [0.15, 0.2) is 6.61 Å². The van der Waals surface area contributed by atoms with Gasteiger partial charge in [0.25, 0.3) is 5.91 Å². The van der Waals surface area contributed by atoms with E-state index in [0.29, 0.717) is 18.1 Å². The van der Waals surface area contributed by atoms with Gasteiger partial charge in [0.1, 0.15) is 17.4 Å². The van der Waals surface area contributed by atoms with Crippen LogP contribution in [0.3, 0.4) is 0 Å². The van der Waals surface area contributed by atoms with Crippen molar-refractivity contribution in [3.05, 3.63) is 103 Å². The molecule has 0 N–H and O–H groups in total. The van der Waals surface area contributed by atoms with Gasteiger partial charge in [-0.1, -0.05) is 48.5 Å². The van der Waals surface area contributed by atoms with E-state index in [0.717, 1.165) is 16.3 Å². The highest BCUT2D eigenvalue weighted by atomic mass is 19.1. The molecule has 0 fully saturated rings. The maximum absolute atomic E-state index is 13.1. The summed E-state index contributed by atoms with van der Waals surface area (Å²) in [6.45, 7) is 0.191. The van der Waals surface area contributed by atoms with E-state index in [1.807, 2.05) is 48.5 Å². The lowest BCUT2D eigenvalue weighted by Gasteiger charge is -2.23. The molecule has 0 saturated heterocycles. The maximum atomic E-state index is 13.1. The van der Waals surface area contributed by atoms with Crippen LogP contribution in [-0.4, -0.2) is 17.5 Å². The van der Waals surface area contributed by atoms with E-state index >= 15 is 0 Å². The SMILES string of the molecule is O=C(COc1ccc(F)cc1)N(Cc1cccc2ccccc12)c1ccccn1. The standard InChI is InChI=1S/C24H19FN2O2/c25-20-11-13-21(14-12-20)29-17-24(28)27(23-10-3-4-15-26-23)16-19-8-5-7-18-6-1-2-9-22(18)19/h1-15H,16-17H2. The molecule has 0 radical (unpaired) electrons. The minimum absolute atomic E-state index is 0.174. The van der Waals surface area contributed by atoms with Crippen molar-refractivity contribution >= 4 is 22.5 Å². The number of pyridine rings is 1. The van der Waals surface area contributed by atoms with E-state index < -0.39 is 0 Å². The fourth-order valence-corrected chi connectivity index (χ4v) is 3.16. The highest BCUT2D eigenvalue weighted by Crippen LogP contribution is 2.22. The second-order valence-corrected chi connectivity index (χ2v) is 6.55. The first-order valence-corrected chi connectivity index (χ1v) is 9.27. The third-order valence-electron chi connectivity index (χ3n) is 4.61. The maximum Gasteiger partial charge on any atom is 0.266 e. The summed E-state index contributed by atoms with van der Waals surface area (Å²) in [5.41, 5.74) is 1.02. The predicted octanol–water partition coefficient (Wildman–Crippen LogP) is 4.99. The Kier molecular flexibility index (Phi) is 5.47. The second-order valence-electron chi connectivity index (χ2n) is 6.55. The Bertz CT molecular complexity index is 1110. The summed E-state index contributed by atoms with van der Waals surface area (Å²) in [4.78, 5) is 19.0. The van der Waals surface area contributed by atoms with Gasteiger partial charge in [-0.2, -0.15) is 0 Å². The number of carbonyl (C=O) groups is 1. The number of hydrogen-bond donors (Lipinski definition) is 0. The number of anilines is 1. The van der Waals surface area contributed by atoms with Gasteiger partial charge in [-0.15, -0.1) is 0 Å². The van der Waals surface area contributed by atoms with Crippen molar-refractivity contribution < 1.29 is 13.9 Å². The number of amides is 1. The highest BCUT2D eigenvalue weighted by Gasteiger charge is 2.19. The average molecular weight is 386 g/mol. The number of benzene rings is 3. The summed E-state index contributed by atoms with van der Waals surface area (Å²) >= 11 is 0. The number of halogens is 1. The van der Waals surface area contributed by atoms with Crippen LogP contribution in [0.1, 0.15) is 5.56 Å². The van der Waals surface area contributed by atoms with E-state index in [-0.39, 0.29) is 18.3 Å². The van der Waals surface area contributed by atoms with E-state index in [1.165, 1.54) is 24.3 Å². The molecule has 0 aliphatic heterocycles. The molecule has 0 bridgehead atoms. The Morgan fingerprint density at radius 2 is 1.66 bits per heavy atom. The van der Waals surface area contributed by atoms with Crippen LogP contribution in [0.4, 0.5) is 10.2 Å². The highest BCUT2D eigenvalue weighted by molar-refractivity contribution is 5.94. The van der Waals surface area contributed by atoms with Crippen LogP contribution in [0.15, 0.2) is 91.1 Å². The van der Waals surface area contributed by atoms with Gasteiger partial charge in [-0.25, -0.2) is 9.37 Å². The van der Waals surface area contributed by atoms with Gasteiger partial charge in [0, 0.05) is 6.20 Å². The van der Waals surface area contributed by atoms with E-state index in [2.05, 4.69) is 4.98 Å². The first-order valence-electron chi connectivity index (χ1n) is 9.27. The van der Waals surface area contributed by atoms with Crippen LogP contribution >= 0.6 is 0 Å². The summed E-state index contributed by atoms with van der Waals surface area (Å²) < 4.78 is 18.6. The largest absolute Gasteiger partial charge is 0.484 e. The number of ether oxygens (including phenoxy) is 1. The lowest BCUT2D eigenvalue weighted by atomic mass is 10.0. The Morgan fingerprint density at radius 1 is 0.897 bits per heavy atom. The molecule has 144 valence electrons. The Labute approximate surface area is 168 Å². The summed E-state index contributed by atoms with van der Waals surface area (Å²) in [6, 6.07) is 25.1. The summed E-state index contributed by atoms with van der Waals surface area (Å²) in [7, 11) is 0. The summed E-state index contributed by atoms with van der Waals surface area (Å²) in [5, 5.41) is 2.20. The average Bonchev–Trinajstić information content (AvgIpc) is 2.77. The first-order chi connectivity index (χ1) is 14.2. The Morgan fingerprint density at radius 3 is 2.45 bits per heavy atom. The van der Waals surface area contributed by atoms with Crippen molar-refractivity contribution in [1.82, 2.24) is 4.98 Å². The van der Waals surface area contributed by atoms with Crippen LogP contribution < -0.4 is 9.64 Å². The van der Waals surface area contributed by atoms with Gasteiger partial charge in [0.2, 0.25) is 0 Å². The topological polar surface area (TPSA) is 42.4 Å². The lowest BCUT2D eigenvalue weighted by molar-refractivity contribution is -0.120. The number of aromatic nitrogens is 1. The zero-order valence-electron chi connectivity index (χ0n) is 15.7. The van der Waals surface area contributed by atoms with Gasteiger partial charge >= 0.3 is 0 Å². The zero-order chi connectivity index (χ0) is 20.1. The van der Waals surface area contributed by atoms with Crippen LogP contribution in [0.2, 0.25) is 0 Å². The van der Waals surface area contributed by atoms with Gasteiger partial charge in [-0.05, 0) is 52.7 Å². The molecule has 0 atom stereocenters. The molecule has 4 aromatic rings. The zero-order valence-corrected chi connectivity index (χ0v) is 15.7. The molecule has 0 aliphatic carbocycles. The molecule has 1 aromatic heterocycles. The van der Waals surface area contributed by atoms with E-state index in [1.54, 1.807) is 23.2 Å². The minimum Gasteiger partial charge on any atom is -0.484 e. The molecular weight excluding hydrogens is 367 g/mol. The molecule has 3 aromatic carbocycles. The molecule has 0 spiro atoms. The molecule has 29 heavy (non-hydrogen) atoms. The third kappa shape index (κ3) is 4.41. The van der Waals surface area contributed by atoms with Crippen molar-refractivity contribution in [2.75, 3.05) is 11.5 Å². The quantitative estimate of drug-likeness (QED) is 0.469. The van der Waals surface area contributed by atoms with Crippen LogP contribution in [0, 0.1) is 5.82 Å². The van der Waals surface area contributed by atoms with E-state index in [4.69, 9.17) is 4.74 Å². The molecule has 1 heterocycles. The van der Waals surface area contributed by atoms with Crippen molar-refractivity contribution in [1.29, 1.82) is 0 Å². The Balaban J connectivity index is 1.59. The fraction of sp³-hybridized carbons (Fsp3) is 0.0833. The molecule has 5 heteroatoms. The minimum atomic E-state index is -0.352. The molecule has 0 saturated carbocycles.